The molecule has 620 valence electrons. The van der Waals surface area contributed by atoms with Crippen LogP contribution in [0.4, 0.5) is 4.79 Å². The molecule has 0 radical (unpaired) electrons. The first-order chi connectivity index (χ1) is 49.3. The van der Waals surface area contributed by atoms with Crippen molar-refractivity contribution < 1.29 is 28.5 Å². The maximum Gasteiger partial charge on any atom is 0.409 e. The highest BCUT2D eigenvalue weighted by Crippen LogP contribution is 2.48. The number of carbonyl (C=O) groups excluding carboxylic acids is 2. The Balaban J connectivity index is -0.00000108. The van der Waals surface area contributed by atoms with Crippen LogP contribution in [-0.4, -0.2) is 99.6 Å². The summed E-state index contributed by atoms with van der Waals surface area (Å²) in [6.45, 7) is 57.8. The minimum absolute atomic E-state index is 0.00921. The second-order valence-electron chi connectivity index (χ2n) is 36.4. The van der Waals surface area contributed by atoms with Gasteiger partial charge in [0.05, 0.1) is 19.6 Å². The summed E-state index contributed by atoms with van der Waals surface area (Å²) < 4.78 is 19.2. The topological polar surface area (TPSA) is 74.3 Å². The lowest BCUT2D eigenvalue weighted by Gasteiger charge is -2.35. The molecular formula is C93H172Cl5NO6. The predicted molar refractivity (Wildman–Crippen MR) is 468 cm³/mol. The van der Waals surface area contributed by atoms with Gasteiger partial charge in [-0.3, -0.25) is 4.79 Å². The molecule has 6 unspecified atom stereocenters. The molecule has 6 aliphatic carbocycles. The molecule has 10 rings (SSSR count). The van der Waals surface area contributed by atoms with Gasteiger partial charge in [-0.15, -0.1) is 58.0 Å². The van der Waals surface area contributed by atoms with E-state index >= 15 is 0 Å². The molecule has 1 amide bonds. The SMILES string of the molecule is CC(C)C(C)(C)C.CC(C)CCl.CC(CCl)CCl.CC(CCl)Cc1ccccc1.CC1CC2CCC1C2.CC1CCC(C(C)(C)C)CC1.CC1CCCCC1.CC1CCCCC1Cl.CC1CCOCC1.CC1Cc2ccccc2C1.CCOC(=O)C(C)C.COC(=O)N1CCC(C)CC1.COCC(C)C. The van der Waals surface area contributed by atoms with E-state index in [0.29, 0.717) is 58.2 Å². The second-order valence-corrected chi connectivity index (χ2v) is 38.2. The number of amides is 1. The molecule has 12 heteroatoms. The number of ether oxygens (including phenoxy) is 4. The highest BCUT2D eigenvalue weighted by atomic mass is 35.5. The standard InChI is InChI=1S/C11H22.C10H13Cl.C10H12.C8H15NO2.C8H14.C7H13Cl.C7H14.C7H16.C6H12O2.C6H12O.C5H12O.C4H8Cl2.C4H9Cl/c1-9-5-7-10(8-6-9)11(2,3)4;1-9(8-11)7-10-5-3-2-4-6-10;1-8-6-9-4-2-3-5-10(9)7-8;1-7-3-5-9(6-4-7)8(10)11-2;1-6-4-7-2-3-8(6)5-7;1-6-4-2-3-5-7(6)8;1-7-5-3-2-4-6-7;1-6(2)7(3,4)5;1-4-8-6(7)5(2)3;1-6-2-4-7-5-3-6;1-5(2)4-6-3;1-4(2-5)3-6;1-4(2)3-5/h9-10H,5-8H2,1-4H3;2-6,9H,7-8H2,1H3;2-5,8H,6-7H2,1H3;7H,3-6H2,1-2H3;6-8H,2-5H2,1H3;6-7H,2-5H2,1H3;7H,2-6H2,1H3;6H,1-5H3;5H,4H2,1-3H3;6H,2-5H2,1H3;5H,4H2,1-3H3;4H,2-3H2,1H3;4H,3H2,1-2H3. The van der Waals surface area contributed by atoms with Gasteiger partial charge in [0.25, 0.3) is 0 Å². The number of nitrogens with zero attached hydrogens (tertiary/aromatic N) is 1. The van der Waals surface area contributed by atoms with Crippen molar-refractivity contribution in [2.75, 3.05) is 77.3 Å². The Hall–Kier alpha value is -1.45. The average molecular weight is 1580 g/mol. The van der Waals surface area contributed by atoms with Crippen LogP contribution in [0.1, 0.15) is 318 Å². The number of esters is 1. The number of likely N-dealkylation sites (tertiary alicyclic amines) is 1. The van der Waals surface area contributed by atoms with Crippen LogP contribution in [0.2, 0.25) is 0 Å². The lowest BCUT2D eigenvalue weighted by Crippen LogP contribution is -2.37. The highest BCUT2D eigenvalue weighted by Gasteiger charge is 2.36. The third-order valence-corrected chi connectivity index (χ3v) is 24.6. The van der Waals surface area contributed by atoms with Crippen molar-refractivity contribution in [1.29, 1.82) is 0 Å². The molecular weight excluding hydrogens is 1400 g/mol. The average Bonchev–Trinajstić information content (AvgIpc) is 1.64. The van der Waals surface area contributed by atoms with Gasteiger partial charge in [-0.25, -0.2) is 4.79 Å². The number of piperidine rings is 1. The Labute approximate surface area is 678 Å². The summed E-state index contributed by atoms with van der Waals surface area (Å²) in [5.74, 6) is 15.6. The largest absolute Gasteiger partial charge is 0.466 e. The molecule has 105 heavy (non-hydrogen) atoms. The van der Waals surface area contributed by atoms with Crippen LogP contribution < -0.4 is 0 Å². The Kier molecular flexibility index (Phi) is 67.7. The van der Waals surface area contributed by atoms with Crippen LogP contribution in [0, 0.1) is 106 Å². The van der Waals surface area contributed by atoms with Gasteiger partial charge in [0.2, 0.25) is 0 Å². The molecule has 7 fully saturated rings. The van der Waals surface area contributed by atoms with Crippen LogP contribution in [0.5, 0.6) is 0 Å². The summed E-state index contributed by atoms with van der Waals surface area (Å²) >= 11 is 27.7. The van der Waals surface area contributed by atoms with Crippen LogP contribution in [0.15, 0.2) is 54.6 Å². The fourth-order valence-electron chi connectivity index (χ4n) is 12.9. The summed E-state index contributed by atoms with van der Waals surface area (Å²) in [6, 6.07) is 19.2. The molecule has 8 aliphatic rings. The van der Waals surface area contributed by atoms with E-state index < -0.39 is 0 Å². The fraction of sp³-hybridized carbons (Fsp3) is 0.849. The summed E-state index contributed by atoms with van der Waals surface area (Å²) in [4.78, 5) is 23.3. The van der Waals surface area contributed by atoms with Crippen LogP contribution in [0.3, 0.4) is 0 Å². The van der Waals surface area contributed by atoms with E-state index in [1.54, 1.807) is 55.7 Å². The summed E-state index contributed by atoms with van der Waals surface area (Å²) in [7, 11) is 3.15. The number of carbonyl (C=O) groups is 2. The first kappa shape index (κ1) is 108. The summed E-state index contributed by atoms with van der Waals surface area (Å²) in [5, 5.41) is 0.476. The Morgan fingerprint density at radius 2 is 0.981 bits per heavy atom. The third kappa shape index (κ3) is 61.8. The minimum Gasteiger partial charge on any atom is -0.466 e. The van der Waals surface area contributed by atoms with Gasteiger partial charge in [0, 0.05) is 68.9 Å². The number of halogens is 5. The molecule has 2 saturated heterocycles. The van der Waals surface area contributed by atoms with Gasteiger partial charge in [-0.1, -0.05) is 278 Å². The van der Waals surface area contributed by atoms with E-state index in [1.165, 1.54) is 122 Å². The quantitative estimate of drug-likeness (QED) is 0.174. The van der Waals surface area contributed by atoms with Crippen LogP contribution >= 0.6 is 58.0 Å². The zero-order valence-corrected chi connectivity index (χ0v) is 77.1. The van der Waals surface area contributed by atoms with Crippen molar-refractivity contribution in [3.05, 3.63) is 71.3 Å². The normalized spacial score (nSPS) is 22.2. The maximum atomic E-state index is 11.0. The van der Waals surface area contributed by atoms with Crippen molar-refractivity contribution in [3.63, 3.8) is 0 Å². The zero-order valence-electron chi connectivity index (χ0n) is 73.3. The van der Waals surface area contributed by atoms with Gasteiger partial charge < -0.3 is 23.8 Å². The molecule has 0 N–H and O–H groups in total. The Morgan fingerprint density at radius 3 is 1.27 bits per heavy atom. The number of fused-ring (bicyclic) bond motifs is 3. The fourth-order valence-corrected chi connectivity index (χ4v) is 13.7. The van der Waals surface area contributed by atoms with E-state index in [-0.39, 0.29) is 18.0 Å². The molecule has 2 bridgehead atoms. The molecule has 0 spiro atoms. The molecule has 2 aromatic rings. The van der Waals surface area contributed by atoms with Crippen molar-refractivity contribution in [3.8, 4) is 0 Å². The van der Waals surface area contributed by atoms with Crippen LogP contribution in [-0.2, 0) is 43.0 Å². The smallest absolute Gasteiger partial charge is 0.409 e. The lowest BCUT2D eigenvalue weighted by molar-refractivity contribution is -0.146. The maximum absolute atomic E-state index is 11.0. The van der Waals surface area contributed by atoms with E-state index in [1.807, 2.05) is 26.8 Å². The van der Waals surface area contributed by atoms with Gasteiger partial charge in [-0.2, -0.15) is 0 Å². The number of hydrogen-bond donors (Lipinski definition) is 0. The minimum atomic E-state index is -0.183. The number of methoxy groups -OCH3 is 2. The van der Waals surface area contributed by atoms with Gasteiger partial charge in [0.1, 0.15) is 0 Å². The third-order valence-electron chi connectivity index (χ3n) is 21.7. The molecule has 2 aromatic carbocycles. The molecule has 7 nitrogen and oxygen atoms in total. The highest BCUT2D eigenvalue weighted by molar-refractivity contribution is 6.21. The second kappa shape index (κ2) is 66.0. The Morgan fingerprint density at radius 1 is 0.524 bits per heavy atom. The monoisotopic (exact) mass is 1570 g/mol. The molecule has 2 heterocycles. The van der Waals surface area contributed by atoms with Crippen molar-refractivity contribution in [2.45, 2.75) is 326 Å². The van der Waals surface area contributed by atoms with Crippen molar-refractivity contribution in [1.82, 2.24) is 4.90 Å². The number of rotatable bonds is 10. The van der Waals surface area contributed by atoms with Gasteiger partial charge >= 0.3 is 12.1 Å². The van der Waals surface area contributed by atoms with Crippen molar-refractivity contribution in [2.24, 2.45) is 106 Å². The molecule has 2 aliphatic heterocycles. The predicted octanol–water partition coefficient (Wildman–Crippen LogP) is 29.3. The van der Waals surface area contributed by atoms with Gasteiger partial charge in [-0.05, 0) is 213 Å². The molecule has 0 aromatic heterocycles. The lowest BCUT2D eigenvalue weighted by atomic mass is 9.70. The van der Waals surface area contributed by atoms with E-state index in [4.69, 9.17) is 67.5 Å². The Bertz CT molecular complexity index is 2190. The van der Waals surface area contributed by atoms with Gasteiger partial charge in [0.15, 0.2) is 0 Å². The van der Waals surface area contributed by atoms with E-state index in [2.05, 4.69) is 196 Å². The zero-order chi connectivity index (χ0) is 80.5. The summed E-state index contributed by atoms with van der Waals surface area (Å²) in [6.07, 6.45) is 33.0. The summed E-state index contributed by atoms with van der Waals surface area (Å²) in [5.41, 5.74) is 5.56. The number of hydrogen-bond acceptors (Lipinski definition) is 6. The first-order valence-corrected chi connectivity index (χ1v) is 45.0. The molecule has 6 atom stereocenters. The van der Waals surface area contributed by atoms with Crippen molar-refractivity contribution >= 4 is 70.1 Å². The van der Waals surface area contributed by atoms with Crippen LogP contribution in [0.25, 0.3) is 0 Å². The molecule has 5 saturated carbocycles. The first-order valence-electron chi connectivity index (χ1n) is 42.4. The number of benzene rings is 2. The van der Waals surface area contributed by atoms with E-state index in [9.17, 15) is 9.59 Å². The van der Waals surface area contributed by atoms with E-state index in [0.717, 1.165) is 129 Å². The number of alkyl halides is 5.